The van der Waals surface area contributed by atoms with Gasteiger partial charge in [0.25, 0.3) is 0 Å². The molecule has 0 spiro atoms. The Bertz CT molecular complexity index is 481. The molecule has 0 unspecified atom stereocenters. The fourth-order valence-corrected chi connectivity index (χ4v) is 2.08. The van der Waals surface area contributed by atoms with E-state index in [0.29, 0.717) is 19.6 Å². The van der Waals surface area contributed by atoms with Gasteiger partial charge in [0.2, 0.25) is 5.91 Å². The number of nitrogens with one attached hydrogen (secondary N) is 1. The quantitative estimate of drug-likeness (QED) is 0.801. The molecule has 1 fully saturated rings. The molecule has 0 aliphatic heterocycles. The van der Waals surface area contributed by atoms with Crippen LogP contribution in [0.1, 0.15) is 30.4 Å². The Kier molecular flexibility index (Phi) is 4.65. The lowest BCUT2D eigenvalue weighted by atomic mass is 10.1. The first-order chi connectivity index (χ1) is 9.56. The van der Waals surface area contributed by atoms with Gasteiger partial charge >= 0.3 is 0 Å². The standard InChI is InChI=1S/C16H23NO3/c1-12-4-3-5-14(13(12)2)20-9-6-15(19)17-10-16(11-18)7-8-16/h3-5,18H,6-11H2,1-2H3,(H,17,19). The Balaban J connectivity index is 1.70. The Morgan fingerprint density at radius 3 is 2.80 bits per heavy atom. The lowest BCUT2D eigenvalue weighted by Crippen LogP contribution is -2.32. The SMILES string of the molecule is Cc1cccc(OCCC(=O)NCC2(CO)CC2)c1C. The summed E-state index contributed by atoms with van der Waals surface area (Å²) in [5.41, 5.74) is 2.26. The maximum absolute atomic E-state index is 11.7. The second kappa shape index (κ2) is 6.27. The third kappa shape index (κ3) is 3.73. The highest BCUT2D eigenvalue weighted by Gasteiger charge is 2.41. The molecule has 1 saturated carbocycles. The molecule has 1 aromatic rings. The van der Waals surface area contributed by atoms with Crippen molar-refractivity contribution in [1.29, 1.82) is 0 Å². The van der Waals surface area contributed by atoms with E-state index in [1.807, 2.05) is 32.0 Å². The van der Waals surface area contributed by atoms with Crippen molar-refractivity contribution in [2.75, 3.05) is 19.8 Å². The minimum atomic E-state index is -0.0380. The van der Waals surface area contributed by atoms with Crippen molar-refractivity contribution in [2.24, 2.45) is 5.41 Å². The van der Waals surface area contributed by atoms with Gasteiger partial charge in [-0.1, -0.05) is 12.1 Å². The summed E-state index contributed by atoms with van der Waals surface area (Å²) >= 11 is 0. The van der Waals surface area contributed by atoms with Crippen LogP contribution in [0.15, 0.2) is 18.2 Å². The predicted octanol–water partition coefficient (Wildman–Crippen LogP) is 1.96. The first kappa shape index (κ1) is 14.9. The molecule has 1 amide bonds. The maximum Gasteiger partial charge on any atom is 0.223 e. The lowest BCUT2D eigenvalue weighted by molar-refractivity contribution is -0.121. The van der Waals surface area contributed by atoms with Gasteiger partial charge in [-0.2, -0.15) is 0 Å². The molecule has 0 radical (unpaired) electrons. The first-order valence-electron chi connectivity index (χ1n) is 7.13. The van der Waals surface area contributed by atoms with Gasteiger partial charge in [-0.3, -0.25) is 4.79 Å². The van der Waals surface area contributed by atoms with E-state index in [4.69, 9.17) is 4.74 Å². The fraction of sp³-hybridized carbons (Fsp3) is 0.562. The average molecular weight is 277 g/mol. The Morgan fingerprint density at radius 2 is 2.15 bits per heavy atom. The van der Waals surface area contributed by atoms with Crippen molar-refractivity contribution < 1.29 is 14.6 Å². The molecule has 1 aliphatic rings. The van der Waals surface area contributed by atoms with Crippen LogP contribution in [-0.4, -0.2) is 30.8 Å². The molecule has 2 rings (SSSR count). The molecule has 0 aromatic heterocycles. The fourth-order valence-electron chi connectivity index (χ4n) is 2.08. The Labute approximate surface area is 120 Å². The molecular formula is C16H23NO3. The number of amides is 1. The van der Waals surface area contributed by atoms with Gasteiger partial charge in [0, 0.05) is 12.0 Å². The first-order valence-corrected chi connectivity index (χ1v) is 7.13. The van der Waals surface area contributed by atoms with Crippen LogP contribution in [0.2, 0.25) is 0 Å². The van der Waals surface area contributed by atoms with Gasteiger partial charge in [-0.15, -0.1) is 0 Å². The number of ether oxygens (including phenoxy) is 1. The molecule has 4 heteroatoms. The Hall–Kier alpha value is -1.55. The largest absolute Gasteiger partial charge is 0.493 e. The van der Waals surface area contributed by atoms with Crippen molar-refractivity contribution in [1.82, 2.24) is 5.32 Å². The van der Waals surface area contributed by atoms with E-state index in [1.165, 1.54) is 5.56 Å². The number of hydrogen-bond donors (Lipinski definition) is 2. The smallest absolute Gasteiger partial charge is 0.223 e. The third-order valence-corrected chi connectivity index (χ3v) is 4.09. The molecule has 110 valence electrons. The molecule has 20 heavy (non-hydrogen) atoms. The number of hydrogen-bond acceptors (Lipinski definition) is 3. The van der Waals surface area contributed by atoms with Crippen LogP contribution >= 0.6 is 0 Å². The number of rotatable bonds is 7. The minimum absolute atomic E-state index is 0.0185. The van der Waals surface area contributed by atoms with Crippen LogP contribution in [-0.2, 0) is 4.79 Å². The molecule has 1 aliphatic carbocycles. The third-order valence-electron chi connectivity index (χ3n) is 4.09. The number of aliphatic hydroxyl groups excluding tert-OH is 1. The minimum Gasteiger partial charge on any atom is -0.493 e. The number of carbonyl (C=O) groups is 1. The zero-order valence-corrected chi connectivity index (χ0v) is 12.2. The summed E-state index contributed by atoms with van der Waals surface area (Å²) in [6.45, 7) is 5.17. The molecule has 0 bridgehead atoms. The van der Waals surface area contributed by atoms with Crippen LogP contribution in [0, 0.1) is 19.3 Å². The number of carbonyl (C=O) groups excluding carboxylic acids is 1. The second-order valence-electron chi connectivity index (χ2n) is 5.73. The summed E-state index contributed by atoms with van der Waals surface area (Å²) in [4.78, 5) is 11.7. The second-order valence-corrected chi connectivity index (χ2v) is 5.73. The zero-order chi connectivity index (χ0) is 14.6. The van der Waals surface area contributed by atoms with Gasteiger partial charge in [-0.25, -0.2) is 0 Å². The number of aliphatic hydroxyl groups is 1. The Morgan fingerprint density at radius 1 is 1.40 bits per heavy atom. The van der Waals surface area contributed by atoms with Gasteiger partial charge in [-0.05, 0) is 43.9 Å². The zero-order valence-electron chi connectivity index (χ0n) is 12.2. The lowest BCUT2D eigenvalue weighted by Gasteiger charge is -2.13. The summed E-state index contributed by atoms with van der Waals surface area (Å²) in [7, 11) is 0. The molecule has 4 nitrogen and oxygen atoms in total. The van der Waals surface area contributed by atoms with Gasteiger partial charge in [0.15, 0.2) is 0 Å². The highest BCUT2D eigenvalue weighted by Crippen LogP contribution is 2.44. The van der Waals surface area contributed by atoms with Crippen molar-refractivity contribution in [2.45, 2.75) is 33.1 Å². The van der Waals surface area contributed by atoms with Crippen LogP contribution in [0.4, 0.5) is 0 Å². The van der Waals surface area contributed by atoms with Crippen molar-refractivity contribution in [3.63, 3.8) is 0 Å². The summed E-state index contributed by atoms with van der Waals surface area (Å²) < 4.78 is 5.65. The van der Waals surface area contributed by atoms with Crippen LogP contribution in [0.25, 0.3) is 0 Å². The van der Waals surface area contributed by atoms with Crippen LogP contribution < -0.4 is 10.1 Å². The molecule has 2 N–H and O–H groups in total. The maximum atomic E-state index is 11.7. The number of benzene rings is 1. The van der Waals surface area contributed by atoms with E-state index in [-0.39, 0.29) is 17.9 Å². The average Bonchev–Trinajstić information content (AvgIpc) is 3.22. The van der Waals surface area contributed by atoms with E-state index in [0.717, 1.165) is 24.2 Å². The molecule has 0 atom stereocenters. The van der Waals surface area contributed by atoms with E-state index < -0.39 is 0 Å². The molecule has 0 heterocycles. The number of aryl methyl sites for hydroxylation is 1. The molecular weight excluding hydrogens is 254 g/mol. The van der Waals surface area contributed by atoms with E-state index >= 15 is 0 Å². The molecule has 1 aromatic carbocycles. The van der Waals surface area contributed by atoms with Crippen molar-refractivity contribution in [3.8, 4) is 5.75 Å². The summed E-state index contributed by atoms with van der Waals surface area (Å²) in [5, 5.41) is 12.0. The highest BCUT2D eigenvalue weighted by atomic mass is 16.5. The van der Waals surface area contributed by atoms with Gasteiger partial charge < -0.3 is 15.2 Å². The topological polar surface area (TPSA) is 58.6 Å². The van der Waals surface area contributed by atoms with Crippen molar-refractivity contribution >= 4 is 5.91 Å². The molecule has 0 saturated heterocycles. The monoisotopic (exact) mass is 277 g/mol. The summed E-state index contributed by atoms with van der Waals surface area (Å²) in [6.07, 6.45) is 2.35. The highest BCUT2D eigenvalue weighted by molar-refractivity contribution is 5.76. The van der Waals surface area contributed by atoms with E-state index in [2.05, 4.69) is 5.32 Å². The van der Waals surface area contributed by atoms with Crippen LogP contribution in [0.3, 0.4) is 0 Å². The predicted molar refractivity (Wildman–Crippen MR) is 77.8 cm³/mol. The van der Waals surface area contributed by atoms with E-state index in [9.17, 15) is 9.90 Å². The summed E-state index contributed by atoms with van der Waals surface area (Å²) in [5.74, 6) is 0.821. The van der Waals surface area contributed by atoms with Crippen LogP contribution in [0.5, 0.6) is 5.75 Å². The normalized spacial score (nSPS) is 15.8. The van der Waals surface area contributed by atoms with Crippen molar-refractivity contribution in [3.05, 3.63) is 29.3 Å². The summed E-state index contributed by atoms with van der Waals surface area (Å²) in [6, 6.07) is 5.92. The van der Waals surface area contributed by atoms with Gasteiger partial charge in [0.05, 0.1) is 19.6 Å². The van der Waals surface area contributed by atoms with E-state index in [1.54, 1.807) is 0 Å². The van der Waals surface area contributed by atoms with Gasteiger partial charge in [0.1, 0.15) is 5.75 Å².